The molecule has 1 aliphatic rings. The minimum atomic E-state index is -0.165. The topological polar surface area (TPSA) is 85.2 Å². The van der Waals surface area contributed by atoms with Gasteiger partial charge in [-0.25, -0.2) is 14.6 Å². The number of methoxy groups -OCH3 is 1. The minimum absolute atomic E-state index is 0.0863. The van der Waals surface area contributed by atoms with Gasteiger partial charge in [-0.2, -0.15) is 5.10 Å². The molecular formula is C20H24N6O2. The third-order valence-electron chi connectivity index (χ3n) is 5.16. The van der Waals surface area contributed by atoms with Crippen molar-refractivity contribution < 1.29 is 9.53 Å². The lowest BCUT2D eigenvalue weighted by molar-refractivity contribution is -0.116. The second-order valence-corrected chi connectivity index (χ2v) is 7.18. The summed E-state index contributed by atoms with van der Waals surface area (Å²) in [5.41, 5.74) is 1.38. The Bertz CT molecular complexity index is 960. The van der Waals surface area contributed by atoms with E-state index in [4.69, 9.17) is 4.74 Å². The van der Waals surface area contributed by atoms with E-state index in [-0.39, 0.29) is 12.5 Å². The van der Waals surface area contributed by atoms with Crippen LogP contribution in [0.15, 0.2) is 36.8 Å². The van der Waals surface area contributed by atoms with Gasteiger partial charge in [-0.15, -0.1) is 0 Å². The summed E-state index contributed by atoms with van der Waals surface area (Å²) in [5.74, 6) is 2.23. The molecule has 1 fully saturated rings. The monoisotopic (exact) mass is 380 g/mol. The van der Waals surface area contributed by atoms with Gasteiger partial charge in [-0.3, -0.25) is 4.79 Å². The SMILES string of the molecule is COc1ccc(NC(=O)Cn2ncc3c(N4CCC(C)CC4)ncnc32)cc1. The first-order valence-electron chi connectivity index (χ1n) is 9.49. The molecule has 1 aromatic carbocycles. The fourth-order valence-corrected chi connectivity index (χ4v) is 3.48. The van der Waals surface area contributed by atoms with E-state index in [1.165, 1.54) is 0 Å². The predicted molar refractivity (Wildman–Crippen MR) is 108 cm³/mol. The summed E-state index contributed by atoms with van der Waals surface area (Å²) >= 11 is 0. The molecule has 0 saturated carbocycles. The van der Waals surface area contributed by atoms with E-state index in [0.29, 0.717) is 11.3 Å². The summed E-state index contributed by atoms with van der Waals surface area (Å²) in [5, 5.41) is 8.13. The maximum atomic E-state index is 12.4. The number of ether oxygens (including phenoxy) is 1. The molecule has 1 amide bonds. The van der Waals surface area contributed by atoms with Gasteiger partial charge < -0.3 is 15.0 Å². The van der Waals surface area contributed by atoms with Crippen molar-refractivity contribution in [2.75, 3.05) is 30.4 Å². The number of amides is 1. The van der Waals surface area contributed by atoms with Crippen molar-refractivity contribution in [3.63, 3.8) is 0 Å². The Balaban J connectivity index is 1.49. The first-order chi connectivity index (χ1) is 13.6. The Morgan fingerprint density at radius 1 is 1.21 bits per heavy atom. The molecule has 0 radical (unpaired) electrons. The molecule has 8 heteroatoms. The number of hydrogen-bond acceptors (Lipinski definition) is 6. The molecule has 1 saturated heterocycles. The molecule has 0 spiro atoms. The van der Waals surface area contributed by atoms with Crippen molar-refractivity contribution in [3.05, 3.63) is 36.8 Å². The van der Waals surface area contributed by atoms with Gasteiger partial charge in [0.05, 0.1) is 18.7 Å². The number of nitrogens with one attached hydrogen (secondary N) is 1. The molecule has 0 bridgehead atoms. The van der Waals surface area contributed by atoms with E-state index in [2.05, 4.69) is 32.2 Å². The largest absolute Gasteiger partial charge is 0.497 e. The van der Waals surface area contributed by atoms with Gasteiger partial charge in [0.15, 0.2) is 5.65 Å². The summed E-state index contributed by atoms with van der Waals surface area (Å²) in [6.07, 6.45) is 5.62. The Morgan fingerprint density at radius 3 is 2.68 bits per heavy atom. The number of rotatable bonds is 5. The van der Waals surface area contributed by atoms with Gasteiger partial charge in [0.25, 0.3) is 0 Å². The Hall–Kier alpha value is -3.16. The highest BCUT2D eigenvalue weighted by Gasteiger charge is 2.21. The van der Waals surface area contributed by atoms with Gasteiger partial charge in [-0.1, -0.05) is 6.92 Å². The van der Waals surface area contributed by atoms with Crippen molar-refractivity contribution >= 4 is 28.4 Å². The lowest BCUT2D eigenvalue weighted by Crippen LogP contribution is -2.33. The van der Waals surface area contributed by atoms with Crippen LogP contribution in [-0.4, -0.2) is 45.9 Å². The van der Waals surface area contributed by atoms with Crippen LogP contribution in [0, 0.1) is 5.92 Å². The zero-order valence-electron chi connectivity index (χ0n) is 16.1. The zero-order chi connectivity index (χ0) is 19.5. The number of carbonyl (C=O) groups excluding carboxylic acids is 1. The zero-order valence-corrected chi connectivity index (χ0v) is 16.1. The van der Waals surface area contributed by atoms with Gasteiger partial charge in [0.2, 0.25) is 5.91 Å². The van der Waals surface area contributed by atoms with Crippen molar-refractivity contribution in [1.82, 2.24) is 19.7 Å². The van der Waals surface area contributed by atoms with Crippen LogP contribution in [0.2, 0.25) is 0 Å². The van der Waals surface area contributed by atoms with Crippen LogP contribution in [-0.2, 0) is 11.3 Å². The Labute approximate surface area is 163 Å². The maximum absolute atomic E-state index is 12.4. The van der Waals surface area contributed by atoms with Gasteiger partial charge >= 0.3 is 0 Å². The van der Waals surface area contributed by atoms with Gasteiger partial charge in [-0.05, 0) is 43.0 Å². The van der Waals surface area contributed by atoms with E-state index in [0.717, 1.165) is 48.8 Å². The first-order valence-corrected chi connectivity index (χ1v) is 9.49. The number of hydrogen-bond donors (Lipinski definition) is 1. The van der Waals surface area contributed by atoms with Crippen LogP contribution in [0.5, 0.6) is 5.75 Å². The summed E-state index contributed by atoms with van der Waals surface area (Å²) in [6, 6.07) is 7.21. The standard InChI is InChI=1S/C20H24N6O2/c1-14-7-9-25(10-8-14)19-17-11-23-26(20(17)22-13-21-19)12-18(27)24-15-3-5-16(28-2)6-4-15/h3-6,11,13-14H,7-10,12H2,1-2H3,(H,24,27). The van der Waals surface area contributed by atoms with E-state index < -0.39 is 0 Å². The summed E-state index contributed by atoms with van der Waals surface area (Å²) < 4.78 is 6.75. The number of anilines is 2. The molecule has 8 nitrogen and oxygen atoms in total. The van der Waals surface area contributed by atoms with Crippen molar-refractivity contribution in [2.24, 2.45) is 5.92 Å². The second-order valence-electron chi connectivity index (χ2n) is 7.18. The van der Waals surface area contributed by atoms with E-state index >= 15 is 0 Å². The molecule has 3 heterocycles. The number of piperidine rings is 1. The molecule has 1 N–H and O–H groups in total. The summed E-state index contributed by atoms with van der Waals surface area (Å²) in [4.78, 5) is 23.6. The average molecular weight is 380 g/mol. The van der Waals surface area contributed by atoms with Crippen molar-refractivity contribution in [3.8, 4) is 5.75 Å². The third kappa shape index (κ3) is 3.76. The molecule has 2 aromatic heterocycles. The summed E-state index contributed by atoms with van der Waals surface area (Å²) in [7, 11) is 1.61. The quantitative estimate of drug-likeness (QED) is 0.733. The highest BCUT2D eigenvalue weighted by molar-refractivity contribution is 5.92. The Morgan fingerprint density at radius 2 is 1.96 bits per heavy atom. The number of carbonyl (C=O) groups is 1. The molecule has 0 atom stereocenters. The van der Waals surface area contributed by atoms with Crippen molar-refractivity contribution in [1.29, 1.82) is 0 Å². The molecule has 3 aromatic rings. The minimum Gasteiger partial charge on any atom is -0.497 e. The predicted octanol–water partition coefficient (Wildman–Crippen LogP) is 2.71. The van der Waals surface area contributed by atoms with Crippen LogP contribution in [0.3, 0.4) is 0 Å². The van der Waals surface area contributed by atoms with E-state index in [1.54, 1.807) is 48.6 Å². The molecule has 0 aliphatic carbocycles. The number of nitrogens with zero attached hydrogens (tertiary/aromatic N) is 5. The fraction of sp³-hybridized carbons (Fsp3) is 0.400. The highest BCUT2D eigenvalue weighted by Crippen LogP contribution is 2.27. The van der Waals surface area contributed by atoms with Crippen LogP contribution in [0.4, 0.5) is 11.5 Å². The first kappa shape index (κ1) is 18.2. The van der Waals surface area contributed by atoms with Crippen LogP contribution in [0.1, 0.15) is 19.8 Å². The van der Waals surface area contributed by atoms with E-state index in [9.17, 15) is 4.79 Å². The molecule has 1 aliphatic heterocycles. The van der Waals surface area contributed by atoms with Gasteiger partial charge in [0, 0.05) is 18.8 Å². The molecule has 0 unspecified atom stereocenters. The third-order valence-corrected chi connectivity index (χ3v) is 5.16. The van der Waals surface area contributed by atoms with Crippen LogP contribution >= 0.6 is 0 Å². The van der Waals surface area contributed by atoms with Crippen LogP contribution in [0.25, 0.3) is 11.0 Å². The molecule has 146 valence electrons. The lowest BCUT2D eigenvalue weighted by atomic mass is 9.99. The smallest absolute Gasteiger partial charge is 0.246 e. The summed E-state index contributed by atoms with van der Waals surface area (Å²) in [6.45, 7) is 4.34. The Kier molecular flexibility index (Phi) is 5.10. The molecule has 28 heavy (non-hydrogen) atoms. The lowest BCUT2D eigenvalue weighted by Gasteiger charge is -2.31. The highest BCUT2D eigenvalue weighted by atomic mass is 16.5. The van der Waals surface area contributed by atoms with Gasteiger partial charge in [0.1, 0.15) is 24.4 Å². The average Bonchev–Trinajstić information content (AvgIpc) is 3.12. The second kappa shape index (κ2) is 7.84. The molecular weight excluding hydrogens is 356 g/mol. The number of fused-ring (bicyclic) bond motifs is 1. The normalized spacial score (nSPS) is 15.0. The number of aromatic nitrogens is 4. The maximum Gasteiger partial charge on any atom is 0.246 e. The van der Waals surface area contributed by atoms with E-state index in [1.807, 2.05) is 0 Å². The van der Waals surface area contributed by atoms with Crippen molar-refractivity contribution in [2.45, 2.75) is 26.3 Å². The molecule has 4 rings (SSSR count). The number of benzene rings is 1. The fourth-order valence-electron chi connectivity index (χ4n) is 3.48. The van der Waals surface area contributed by atoms with Crippen LogP contribution < -0.4 is 15.0 Å².